The van der Waals surface area contributed by atoms with Crippen LogP contribution in [0.4, 0.5) is 0 Å². The summed E-state index contributed by atoms with van der Waals surface area (Å²) in [5.74, 6) is 0. The molecule has 11 heavy (non-hydrogen) atoms. The Labute approximate surface area is 67.5 Å². The highest BCUT2D eigenvalue weighted by atomic mass is 31.2. The van der Waals surface area contributed by atoms with Crippen LogP contribution in [0.3, 0.4) is 0 Å². The van der Waals surface area contributed by atoms with Crippen molar-refractivity contribution < 1.29 is 18.1 Å². The van der Waals surface area contributed by atoms with E-state index in [4.69, 9.17) is 13.6 Å². The SMILES string of the molecule is C.CCOP1(=O)OC[C@H](C)O1. The zero-order chi connectivity index (χ0) is 7.61. The molecule has 0 spiro atoms. The first-order valence-corrected chi connectivity index (χ1v) is 4.70. The molecule has 0 aromatic rings. The molecule has 2 atom stereocenters. The molecule has 5 heteroatoms. The molecule has 0 saturated carbocycles. The fourth-order valence-electron chi connectivity index (χ4n) is 0.703. The second-order valence-corrected chi connectivity index (χ2v) is 3.70. The van der Waals surface area contributed by atoms with Gasteiger partial charge in [0.15, 0.2) is 0 Å². The van der Waals surface area contributed by atoms with E-state index >= 15 is 0 Å². The Morgan fingerprint density at radius 2 is 2.36 bits per heavy atom. The van der Waals surface area contributed by atoms with Gasteiger partial charge in [0.1, 0.15) is 0 Å². The van der Waals surface area contributed by atoms with Gasteiger partial charge < -0.3 is 0 Å². The molecule has 1 fully saturated rings. The van der Waals surface area contributed by atoms with E-state index in [1.807, 2.05) is 0 Å². The van der Waals surface area contributed by atoms with Crippen molar-refractivity contribution in [2.45, 2.75) is 27.4 Å². The molecule has 0 aromatic carbocycles. The molecule has 1 aliphatic heterocycles. The first-order chi connectivity index (χ1) is 4.66. The van der Waals surface area contributed by atoms with Gasteiger partial charge >= 0.3 is 7.82 Å². The second kappa shape index (κ2) is 4.21. The van der Waals surface area contributed by atoms with Crippen molar-refractivity contribution in [3.63, 3.8) is 0 Å². The molecular weight excluding hydrogens is 167 g/mol. The van der Waals surface area contributed by atoms with E-state index in [-0.39, 0.29) is 13.5 Å². The lowest BCUT2D eigenvalue weighted by molar-refractivity contribution is 0.185. The molecule has 1 aliphatic rings. The number of hydrogen-bond donors (Lipinski definition) is 0. The van der Waals surface area contributed by atoms with Gasteiger partial charge in [0.25, 0.3) is 0 Å². The average molecular weight is 182 g/mol. The zero-order valence-electron chi connectivity index (χ0n) is 6.07. The van der Waals surface area contributed by atoms with E-state index in [1.54, 1.807) is 13.8 Å². The van der Waals surface area contributed by atoms with Crippen LogP contribution in [0.15, 0.2) is 0 Å². The lowest BCUT2D eigenvalue weighted by Crippen LogP contribution is -2.00. The number of rotatable bonds is 2. The van der Waals surface area contributed by atoms with Gasteiger partial charge in [-0.05, 0) is 13.8 Å². The molecule has 0 aliphatic carbocycles. The van der Waals surface area contributed by atoms with Crippen LogP contribution < -0.4 is 0 Å². The molecule has 1 saturated heterocycles. The Morgan fingerprint density at radius 3 is 2.73 bits per heavy atom. The summed E-state index contributed by atoms with van der Waals surface area (Å²) < 4.78 is 25.6. The third-order valence-electron chi connectivity index (χ3n) is 1.06. The minimum Gasteiger partial charge on any atom is -0.287 e. The number of phosphoric acid groups is 1. The van der Waals surface area contributed by atoms with Crippen molar-refractivity contribution in [1.82, 2.24) is 0 Å². The zero-order valence-corrected chi connectivity index (χ0v) is 6.97. The summed E-state index contributed by atoms with van der Waals surface area (Å²) >= 11 is 0. The summed E-state index contributed by atoms with van der Waals surface area (Å²) in [5.41, 5.74) is 0. The van der Waals surface area contributed by atoms with Crippen molar-refractivity contribution in [2.24, 2.45) is 0 Å². The van der Waals surface area contributed by atoms with Crippen molar-refractivity contribution in [2.75, 3.05) is 13.2 Å². The number of phosphoric ester groups is 1. The van der Waals surface area contributed by atoms with Crippen LogP contribution in [0.5, 0.6) is 0 Å². The first-order valence-electron chi connectivity index (χ1n) is 3.24. The molecule has 1 rings (SSSR count). The monoisotopic (exact) mass is 182 g/mol. The Hall–Kier alpha value is 0.110. The molecule has 1 unspecified atom stereocenters. The molecular formula is C6H15O4P. The van der Waals surface area contributed by atoms with Gasteiger partial charge in [0.2, 0.25) is 0 Å². The Morgan fingerprint density at radius 1 is 1.73 bits per heavy atom. The minimum atomic E-state index is -3.13. The van der Waals surface area contributed by atoms with Crippen LogP contribution in [-0.2, 0) is 18.1 Å². The normalized spacial score (nSPS) is 36.7. The maximum Gasteiger partial charge on any atom is 0.475 e. The van der Waals surface area contributed by atoms with E-state index < -0.39 is 7.82 Å². The Kier molecular flexibility index (Phi) is 4.26. The van der Waals surface area contributed by atoms with Crippen LogP contribution in [-0.4, -0.2) is 19.3 Å². The lowest BCUT2D eigenvalue weighted by atomic mass is 10.5. The van der Waals surface area contributed by atoms with Gasteiger partial charge in [-0.2, -0.15) is 0 Å². The Balaban J connectivity index is 0.000001000. The first kappa shape index (κ1) is 11.1. The smallest absolute Gasteiger partial charge is 0.287 e. The molecule has 1 heterocycles. The van der Waals surface area contributed by atoms with E-state index in [2.05, 4.69) is 0 Å². The summed E-state index contributed by atoms with van der Waals surface area (Å²) in [6.45, 7) is 4.25. The summed E-state index contributed by atoms with van der Waals surface area (Å²) in [6.07, 6.45) is -0.114. The molecule has 0 radical (unpaired) electrons. The van der Waals surface area contributed by atoms with Gasteiger partial charge in [-0.1, -0.05) is 7.43 Å². The largest absolute Gasteiger partial charge is 0.475 e. The molecule has 68 valence electrons. The van der Waals surface area contributed by atoms with E-state index in [9.17, 15) is 4.57 Å². The highest BCUT2D eigenvalue weighted by Gasteiger charge is 2.35. The van der Waals surface area contributed by atoms with Crippen LogP contribution in [0.25, 0.3) is 0 Å². The third-order valence-corrected chi connectivity index (χ3v) is 2.72. The van der Waals surface area contributed by atoms with Crippen LogP contribution in [0.1, 0.15) is 21.3 Å². The summed E-state index contributed by atoms with van der Waals surface area (Å²) in [5, 5.41) is 0. The Bertz CT molecular complexity index is 153. The van der Waals surface area contributed by atoms with Gasteiger partial charge in [0.05, 0.1) is 19.3 Å². The van der Waals surface area contributed by atoms with E-state index in [0.29, 0.717) is 13.2 Å². The van der Waals surface area contributed by atoms with Crippen molar-refractivity contribution in [3.8, 4) is 0 Å². The maximum atomic E-state index is 11.2. The quantitative estimate of drug-likeness (QED) is 0.614. The molecule has 0 aromatic heterocycles. The maximum absolute atomic E-state index is 11.2. The molecule has 0 bridgehead atoms. The minimum absolute atomic E-state index is 0. The lowest BCUT2D eigenvalue weighted by Gasteiger charge is -2.06. The summed E-state index contributed by atoms with van der Waals surface area (Å²) in [4.78, 5) is 0. The van der Waals surface area contributed by atoms with E-state index in [1.165, 1.54) is 0 Å². The second-order valence-electron chi connectivity index (χ2n) is 2.08. The number of hydrogen-bond acceptors (Lipinski definition) is 4. The highest BCUT2D eigenvalue weighted by molar-refractivity contribution is 7.48. The van der Waals surface area contributed by atoms with E-state index in [0.717, 1.165) is 0 Å². The van der Waals surface area contributed by atoms with Crippen LogP contribution >= 0.6 is 7.82 Å². The average Bonchev–Trinajstić information content (AvgIpc) is 2.12. The van der Waals surface area contributed by atoms with Crippen molar-refractivity contribution >= 4 is 7.82 Å². The van der Waals surface area contributed by atoms with Gasteiger partial charge in [-0.3, -0.25) is 13.6 Å². The van der Waals surface area contributed by atoms with Crippen molar-refractivity contribution in [3.05, 3.63) is 0 Å². The predicted octanol–water partition coefficient (Wildman–Crippen LogP) is 2.20. The standard InChI is InChI=1S/C5H11O4P.CH4/c1-3-7-10(6)8-4-5(2)9-10;/h5H,3-4H2,1-2H3;1H4/t5-,10?;/m0./s1. The topological polar surface area (TPSA) is 44.8 Å². The summed E-state index contributed by atoms with van der Waals surface area (Å²) in [7, 11) is -3.13. The third kappa shape index (κ3) is 2.91. The molecule has 0 amide bonds. The summed E-state index contributed by atoms with van der Waals surface area (Å²) in [6, 6.07) is 0. The highest BCUT2D eigenvalue weighted by Crippen LogP contribution is 2.54. The van der Waals surface area contributed by atoms with Gasteiger partial charge in [-0.25, -0.2) is 4.57 Å². The molecule has 4 nitrogen and oxygen atoms in total. The fraction of sp³-hybridized carbons (Fsp3) is 1.00. The predicted molar refractivity (Wildman–Crippen MR) is 42.5 cm³/mol. The fourth-order valence-corrected chi connectivity index (χ4v) is 2.11. The van der Waals surface area contributed by atoms with Gasteiger partial charge in [0, 0.05) is 0 Å². The molecule has 0 N–H and O–H groups in total. The van der Waals surface area contributed by atoms with Crippen molar-refractivity contribution in [1.29, 1.82) is 0 Å². The van der Waals surface area contributed by atoms with Gasteiger partial charge in [-0.15, -0.1) is 0 Å². The van der Waals surface area contributed by atoms with Crippen LogP contribution in [0, 0.1) is 0 Å². The van der Waals surface area contributed by atoms with Crippen LogP contribution in [0.2, 0.25) is 0 Å².